The molecular weight excluding hydrogens is 191 g/mol. The summed E-state index contributed by atoms with van der Waals surface area (Å²) in [4.78, 5) is 0. The van der Waals surface area contributed by atoms with E-state index in [1.54, 1.807) is 0 Å². The van der Waals surface area contributed by atoms with Crippen LogP contribution in [0.3, 0.4) is 0 Å². The predicted octanol–water partition coefficient (Wildman–Crippen LogP) is 4.11. The molecule has 0 aliphatic carbocycles. The van der Waals surface area contributed by atoms with Gasteiger partial charge < -0.3 is 19.3 Å². The van der Waals surface area contributed by atoms with Crippen molar-refractivity contribution < 1.29 is 21.7 Å². The van der Waals surface area contributed by atoms with Gasteiger partial charge in [0, 0.05) is 0 Å². The van der Waals surface area contributed by atoms with Crippen molar-refractivity contribution in [2.24, 2.45) is 0 Å². The monoisotopic (exact) mass is 213 g/mol. The minimum Gasteiger partial charge on any atom is -0.335 e. The first kappa shape index (κ1) is 29.6. The molecule has 69 valence electrons. The molecule has 0 aromatic carbocycles. The fraction of sp³-hybridized carbons (Fsp3) is 0.667. The Morgan fingerprint density at radius 2 is 0.545 bits per heavy atom. The molecule has 0 saturated carbocycles. The first-order chi connectivity index (χ1) is 4.24. The van der Waals surface area contributed by atoms with Crippen molar-refractivity contribution in [2.75, 3.05) is 0 Å². The van der Waals surface area contributed by atoms with E-state index >= 15 is 0 Å². The first-order valence-corrected chi connectivity index (χ1v) is 3.46. The van der Waals surface area contributed by atoms with E-state index in [1.165, 1.54) is 0 Å². The molecule has 11 heavy (non-hydrogen) atoms. The van der Waals surface area contributed by atoms with Crippen LogP contribution in [0.4, 0.5) is 0 Å². The van der Waals surface area contributed by atoms with E-state index in [0.29, 0.717) is 0 Å². The van der Waals surface area contributed by atoms with Gasteiger partial charge in [0.25, 0.3) is 0 Å². The Kier molecular flexibility index (Phi) is 185. The van der Waals surface area contributed by atoms with Crippen LogP contribution in [0.1, 0.15) is 41.5 Å². The van der Waals surface area contributed by atoms with E-state index in [0.717, 1.165) is 0 Å². The van der Waals surface area contributed by atoms with Gasteiger partial charge in [0.2, 0.25) is 0 Å². The molecule has 0 aromatic rings. The number of hydrogen-bond acceptors (Lipinski definition) is 0. The molecule has 0 amide bonds. The molecule has 0 aliphatic heterocycles. The Labute approximate surface area is 94.8 Å². The molecule has 0 spiro atoms. The molecule has 0 saturated heterocycles. The van der Waals surface area contributed by atoms with Crippen LogP contribution < -0.4 is 0 Å². The van der Waals surface area contributed by atoms with Gasteiger partial charge in [0.05, 0.1) is 0 Å². The van der Waals surface area contributed by atoms with Crippen LogP contribution in [0.25, 0.3) is 0 Å². The molecule has 0 N–H and O–H groups in total. The van der Waals surface area contributed by atoms with Gasteiger partial charge in [0.15, 0.2) is 0 Å². The van der Waals surface area contributed by atoms with E-state index in [4.69, 9.17) is 0 Å². The molecular formula is C9H22ClTi. The zero-order valence-corrected chi connectivity index (χ0v) is 11.0. The minimum atomic E-state index is 0. The maximum atomic E-state index is 2.00. The molecule has 0 aromatic heterocycles. The molecule has 0 fully saturated rings. The second kappa shape index (κ2) is 68.7. The summed E-state index contributed by atoms with van der Waals surface area (Å²) in [6.07, 6.45) is 6.00. The summed E-state index contributed by atoms with van der Waals surface area (Å²) in [5.41, 5.74) is 0. The number of halogens is 1. The molecule has 1 radical (unpaired) electrons. The Morgan fingerprint density at radius 1 is 0.545 bits per heavy atom. The van der Waals surface area contributed by atoms with Crippen LogP contribution in [0.15, 0.2) is 0 Å². The summed E-state index contributed by atoms with van der Waals surface area (Å²) < 4.78 is 0. The van der Waals surface area contributed by atoms with Crippen molar-refractivity contribution in [2.45, 2.75) is 41.5 Å². The van der Waals surface area contributed by atoms with Gasteiger partial charge >= 0.3 is 21.7 Å². The summed E-state index contributed by atoms with van der Waals surface area (Å²) in [5, 5.41) is 0. The van der Waals surface area contributed by atoms with Crippen molar-refractivity contribution in [3.8, 4) is 0 Å². The normalized spacial score (nSPS) is 4.91. The minimum absolute atomic E-state index is 0. The quantitative estimate of drug-likeness (QED) is 0.420. The van der Waals surface area contributed by atoms with Gasteiger partial charge in [-0.3, -0.25) is 0 Å². The Bertz CT molecular complexity index is 14.3. The molecule has 0 rings (SSSR count). The molecule has 2 heteroatoms. The van der Waals surface area contributed by atoms with Crippen molar-refractivity contribution in [3.63, 3.8) is 0 Å². The van der Waals surface area contributed by atoms with Gasteiger partial charge in [-0.1, -0.05) is 0 Å². The van der Waals surface area contributed by atoms with Crippen molar-refractivity contribution in [3.05, 3.63) is 19.3 Å². The van der Waals surface area contributed by atoms with Crippen molar-refractivity contribution in [1.29, 1.82) is 0 Å². The van der Waals surface area contributed by atoms with Gasteiger partial charge in [-0.15, -0.1) is 12.4 Å². The maximum Gasteiger partial charge on any atom is 3.00 e. The summed E-state index contributed by atoms with van der Waals surface area (Å²) in [6.45, 7) is 12.0. The molecule has 0 bridgehead atoms. The van der Waals surface area contributed by atoms with Crippen LogP contribution >= 0.6 is 12.4 Å². The van der Waals surface area contributed by atoms with Crippen LogP contribution in [0.5, 0.6) is 0 Å². The Morgan fingerprint density at radius 3 is 0.545 bits per heavy atom. The number of hydrogen-bond donors (Lipinski definition) is 0. The van der Waals surface area contributed by atoms with E-state index in [1.807, 2.05) is 60.8 Å². The summed E-state index contributed by atoms with van der Waals surface area (Å²) in [7, 11) is 0. The second-order valence-electron chi connectivity index (χ2n) is 1.73. The summed E-state index contributed by atoms with van der Waals surface area (Å²) in [6, 6.07) is 0. The van der Waals surface area contributed by atoms with Crippen LogP contribution in [0.2, 0.25) is 0 Å². The maximum absolute atomic E-state index is 2.00. The number of rotatable bonds is 0. The van der Waals surface area contributed by atoms with Crippen molar-refractivity contribution >= 4 is 12.4 Å². The predicted molar refractivity (Wildman–Crippen MR) is 54.2 cm³/mol. The molecule has 0 aliphatic rings. The molecule has 0 heterocycles. The zero-order chi connectivity index (χ0) is 8.12. The van der Waals surface area contributed by atoms with E-state index in [9.17, 15) is 0 Å². The molecule has 0 unspecified atom stereocenters. The van der Waals surface area contributed by atoms with Crippen LogP contribution in [0, 0.1) is 19.3 Å². The van der Waals surface area contributed by atoms with Gasteiger partial charge in [-0.25, -0.2) is 0 Å². The average molecular weight is 214 g/mol. The summed E-state index contributed by atoms with van der Waals surface area (Å²) in [5.74, 6) is 0. The fourth-order valence-corrected chi connectivity index (χ4v) is 0. The standard InChI is InChI=1S/3C3H7.ClH.Ti/c3*1-3-2;;/h3*3H,1-2H3;1H;/q3*-1;;+3. The molecule has 0 atom stereocenters. The summed E-state index contributed by atoms with van der Waals surface area (Å²) >= 11 is 0. The average Bonchev–Trinajstić information content (AvgIpc) is 1.70. The fourth-order valence-electron chi connectivity index (χ4n) is 0. The first-order valence-electron chi connectivity index (χ1n) is 3.46. The van der Waals surface area contributed by atoms with E-state index in [2.05, 4.69) is 0 Å². The van der Waals surface area contributed by atoms with Crippen LogP contribution in [-0.4, -0.2) is 0 Å². The topological polar surface area (TPSA) is 0 Å². The Hall–Kier alpha value is 1.00. The van der Waals surface area contributed by atoms with Gasteiger partial charge in [-0.05, 0) is 0 Å². The SMILES string of the molecule is C[CH-]C.C[CH-]C.C[CH-]C.Cl.[Ti+3]. The third kappa shape index (κ3) is 885. The Balaban J connectivity index is -0.0000000150. The largest absolute Gasteiger partial charge is 3.00 e. The van der Waals surface area contributed by atoms with E-state index in [-0.39, 0.29) is 34.1 Å². The van der Waals surface area contributed by atoms with Crippen molar-refractivity contribution in [1.82, 2.24) is 0 Å². The third-order valence-corrected chi connectivity index (χ3v) is 0. The molecule has 0 nitrogen and oxygen atoms in total. The van der Waals surface area contributed by atoms with Crippen LogP contribution in [-0.2, 0) is 21.7 Å². The van der Waals surface area contributed by atoms with Gasteiger partial charge in [0.1, 0.15) is 0 Å². The smallest absolute Gasteiger partial charge is 0.335 e. The van der Waals surface area contributed by atoms with E-state index < -0.39 is 0 Å². The van der Waals surface area contributed by atoms with Gasteiger partial charge in [-0.2, -0.15) is 41.5 Å². The zero-order valence-electron chi connectivity index (χ0n) is 8.64. The second-order valence-corrected chi connectivity index (χ2v) is 1.73. The third-order valence-electron chi connectivity index (χ3n) is 0.